The fourth-order valence-corrected chi connectivity index (χ4v) is 0.679. The van der Waals surface area contributed by atoms with Gasteiger partial charge < -0.3 is 9.84 Å². The van der Waals surface area contributed by atoms with Crippen LogP contribution in [-0.2, 0) is 14.3 Å². The van der Waals surface area contributed by atoms with E-state index in [9.17, 15) is 22.8 Å². The van der Waals surface area contributed by atoms with Crippen LogP contribution in [0.15, 0.2) is 11.8 Å². The molecule has 86 valence electrons. The highest BCUT2D eigenvalue weighted by Crippen LogP contribution is 2.21. The summed E-state index contributed by atoms with van der Waals surface area (Å²) in [6.45, 7) is 1.57. The van der Waals surface area contributed by atoms with Gasteiger partial charge in [-0.3, -0.25) is 4.79 Å². The average Bonchev–Trinajstić information content (AvgIpc) is 2.00. The Bertz CT molecular complexity index is 280. The van der Waals surface area contributed by atoms with Crippen molar-refractivity contribution in [1.29, 1.82) is 0 Å². The first-order valence-electron chi connectivity index (χ1n) is 3.93. The summed E-state index contributed by atoms with van der Waals surface area (Å²) in [5.41, 5.74) is -1.01. The molecule has 1 N–H and O–H groups in total. The summed E-state index contributed by atoms with van der Waals surface area (Å²) in [7, 11) is 0. The van der Waals surface area contributed by atoms with Gasteiger partial charge >= 0.3 is 12.1 Å². The zero-order valence-electron chi connectivity index (χ0n) is 7.80. The van der Waals surface area contributed by atoms with Crippen molar-refractivity contribution in [2.75, 3.05) is 6.61 Å². The Morgan fingerprint density at radius 2 is 1.93 bits per heavy atom. The number of hydrogen-bond acceptors (Lipinski definition) is 3. The maximum Gasteiger partial charge on any atom is 0.396 e. The van der Waals surface area contributed by atoms with Crippen molar-refractivity contribution in [3.05, 3.63) is 11.8 Å². The molecule has 0 atom stereocenters. The number of carbonyl (C=O) groups is 2. The van der Waals surface area contributed by atoms with Crippen LogP contribution in [0.4, 0.5) is 13.2 Å². The maximum atomic E-state index is 11.8. The van der Waals surface area contributed by atoms with Gasteiger partial charge in [0, 0.05) is 0 Å². The van der Waals surface area contributed by atoms with Gasteiger partial charge in [-0.1, -0.05) is 0 Å². The van der Waals surface area contributed by atoms with Crippen LogP contribution in [0.1, 0.15) is 13.3 Å². The summed E-state index contributed by atoms with van der Waals surface area (Å²) in [5.74, 6) is -3.26. The summed E-state index contributed by atoms with van der Waals surface area (Å²) in [6.07, 6.45) is -6.01. The van der Waals surface area contributed by atoms with E-state index in [1.54, 1.807) is 0 Å². The van der Waals surface area contributed by atoms with Crippen LogP contribution in [0.25, 0.3) is 0 Å². The van der Waals surface area contributed by atoms with Gasteiger partial charge in [-0.25, -0.2) is 4.79 Å². The van der Waals surface area contributed by atoms with Crippen LogP contribution in [0.5, 0.6) is 0 Å². The molecule has 0 aliphatic carbocycles. The minimum atomic E-state index is -4.72. The molecule has 0 aromatic carbocycles. The van der Waals surface area contributed by atoms with E-state index in [0.717, 1.165) is 0 Å². The predicted octanol–water partition coefficient (Wildman–Crippen LogP) is 1.51. The molecule has 0 aliphatic heterocycles. The summed E-state index contributed by atoms with van der Waals surface area (Å²) in [5, 5.41) is 8.43. The fourth-order valence-electron chi connectivity index (χ4n) is 0.679. The van der Waals surface area contributed by atoms with Crippen molar-refractivity contribution in [1.82, 2.24) is 0 Å². The number of ketones is 1. The number of carboxylic acids is 1. The number of aliphatic carboxylic acids is 1. The second-order valence-electron chi connectivity index (χ2n) is 2.51. The molecule has 0 saturated heterocycles. The van der Waals surface area contributed by atoms with Gasteiger partial charge in [-0.2, -0.15) is 13.2 Å². The first kappa shape index (κ1) is 13.5. The van der Waals surface area contributed by atoms with E-state index >= 15 is 0 Å². The molecule has 4 nitrogen and oxygen atoms in total. The molecule has 0 bridgehead atoms. The Hall–Kier alpha value is -1.53. The summed E-state index contributed by atoms with van der Waals surface area (Å²) in [6, 6.07) is 0. The van der Waals surface area contributed by atoms with Crippen molar-refractivity contribution < 1.29 is 32.6 Å². The topological polar surface area (TPSA) is 63.6 Å². The molecule has 0 fully saturated rings. The third kappa shape index (κ3) is 5.71. The van der Waals surface area contributed by atoms with Crippen molar-refractivity contribution in [3.63, 3.8) is 0 Å². The van der Waals surface area contributed by atoms with Crippen molar-refractivity contribution in [2.24, 2.45) is 0 Å². The SMILES string of the molecule is CCOC=C(C(=O)O)C(=O)CC(F)(F)F. The van der Waals surface area contributed by atoms with Crippen LogP contribution >= 0.6 is 0 Å². The van der Waals surface area contributed by atoms with E-state index in [1.165, 1.54) is 6.92 Å². The molecule has 7 heteroatoms. The number of ether oxygens (including phenoxy) is 1. The van der Waals surface area contributed by atoms with E-state index in [0.29, 0.717) is 6.26 Å². The summed E-state index contributed by atoms with van der Waals surface area (Å²) >= 11 is 0. The molecular weight excluding hydrogens is 217 g/mol. The van der Waals surface area contributed by atoms with Crippen LogP contribution in [-0.4, -0.2) is 29.6 Å². The van der Waals surface area contributed by atoms with Gasteiger partial charge in [0.25, 0.3) is 0 Å². The molecular formula is C8H9F3O4. The fraction of sp³-hybridized carbons (Fsp3) is 0.500. The highest BCUT2D eigenvalue weighted by Gasteiger charge is 2.34. The minimum absolute atomic E-state index is 0.0656. The second-order valence-corrected chi connectivity index (χ2v) is 2.51. The first-order chi connectivity index (χ1) is 6.78. The monoisotopic (exact) mass is 226 g/mol. The zero-order valence-corrected chi connectivity index (χ0v) is 7.80. The van der Waals surface area contributed by atoms with Gasteiger partial charge in [-0.15, -0.1) is 0 Å². The van der Waals surface area contributed by atoms with E-state index in [-0.39, 0.29) is 6.61 Å². The smallest absolute Gasteiger partial charge is 0.396 e. The van der Waals surface area contributed by atoms with E-state index < -0.39 is 29.9 Å². The molecule has 0 heterocycles. The van der Waals surface area contributed by atoms with Gasteiger partial charge in [0.15, 0.2) is 5.78 Å². The maximum absolute atomic E-state index is 11.8. The molecule has 15 heavy (non-hydrogen) atoms. The van der Waals surface area contributed by atoms with Crippen molar-refractivity contribution >= 4 is 11.8 Å². The van der Waals surface area contributed by atoms with E-state index in [2.05, 4.69) is 4.74 Å². The van der Waals surface area contributed by atoms with Crippen LogP contribution in [0.2, 0.25) is 0 Å². The van der Waals surface area contributed by atoms with Gasteiger partial charge in [0.2, 0.25) is 0 Å². The Balaban J connectivity index is 4.65. The normalized spacial score (nSPS) is 12.4. The van der Waals surface area contributed by atoms with E-state index in [4.69, 9.17) is 5.11 Å². The van der Waals surface area contributed by atoms with Crippen molar-refractivity contribution in [2.45, 2.75) is 19.5 Å². The lowest BCUT2D eigenvalue weighted by Gasteiger charge is -2.05. The molecule has 0 spiro atoms. The molecule has 0 amide bonds. The summed E-state index contributed by atoms with van der Waals surface area (Å²) in [4.78, 5) is 21.3. The second kappa shape index (κ2) is 5.38. The molecule has 0 aliphatic rings. The number of carbonyl (C=O) groups excluding carboxylic acids is 1. The average molecular weight is 226 g/mol. The number of halogens is 3. The van der Waals surface area contributed by atoms with Gasteiger partial charge in [0.1, 0.15) is 18.3 Å². The lowest BCUT2D eigenvalue weighted by molar-refractivity contribution is -0.151. The summed E-state index contributed by atoms with van der Waals surface area (Å²) < 4.78 is 39.8. The molecule has 0 rings (SSSR count). The highest BCUT2D eigenvalue weighted by atomic mass is 19.4. The van der Waals surface area contributed by atoms with Crippen LogP contribution in [0, 0.1) is 0 Å². The van der Waals surface area contributed by atoms with Crippen LogP contribution in [0.3, 0.4) is 0 Å². The highest BCUT2D eigenvalue weighted by molar-refractivity contribution is 6.16. The lowest BCUT2D eigenvalue weighted by Crippen LogP contribution is -2.20. The Labute approximate surface area is 83.3 Å². The van der Waals surface area contributed by atoms with Crippen molar-refractivity contribution in [3.8, 4) is 0 Å². The number of hydrogen-bond donors (Lipinski definition) is 1. The first-order valence-corrected chi connectivity index (χ1v) is 3.93. The van der Waals surface area contributed by atoms with Gasteiger partial charge in [0.05, 0.1) is 6.61 Å². The van der Waals surface area contributed by atoms with Crippen LogP contribution < -0.4 is 0 Å². The number of Topliss-reactive ketones (excluding diaryl/α,β-unsaturated/α-hetero) is 1. The van der Waals surface area contributed by atoms with E-state index in [1.807, 2.05) is 0 Å². The Morgan fingerprint density at radius 3 is 2.27 bits per heavy atom. The zero-order chi connectivity index (χ0) is 12.1. The predicted molar refractivity (Wildman–Crippen MR) is 43.0 cm³/mol. The Morgan fingerprint density at radius 1 is 1.40 bits per heavy atom. The molecule has 0 aromatic heterocycles. The Kier molecular flexibility index (Phi) is 4.83. The molecule has 0 saturated carbocycles. The third-order valence-electron chi connectivity index (χ3n) is 1.26. The van der Waals surface area contributed by atoms with Gasteiger partial charge in [-0.05, 0) is 6.92 Å². The molecule has 0 unspecified atom stereocenters. The number of carboxylic acid groups (broad SMARTS) is 1. The quantitative estimate of drug-likeness (QED) is 0.334. The standard InChI is InChI=1S/C8H9F3O4/c1-2-15-4-5(7(13)14)6(12)3-8(9,10)11/h4H,2-3H2,1H3,(H,13,14). The number of rotatable bonds is 5. The lowest BCUT2D eigenvalue weighted by atomic mass is 10.1. The number of alkyl halides is 3. The minimum Gasteiger partial charge on any atom is -0.500 e. The third-order valence-corrected chi connectivity index (χ3v) is 1.26. The largest absolute Gasteiger partial charge is 0.500 e. The molecule has 0 radical (unpaired) electrons. The molecule has 0 aromatic rings.